The number of hydrogen-bond acceptors (Lipinski definition) is 6. The Morgan fingerprint density at radius 1 is 1.39 bits per heavy atom. The number of phenolic OH excluding ortho intramolecular Hbond substituents is 1. The quantitative estimate of drug-likeness (QED) is 0.555. The van der Waals surface area contributed by atoms with Crippen LogP contribution in [0.2, 0.25) is 0 Å². The lowest BCUT2D eigenvalue weighted by Crippen LogP contribution is -2.49. The van der Waals surface area contributed by atoms with Gasteiger partial charge in [-0.1, -0.05) is 19.9 Å². The standard InChI is InChI=1S/C15H23N3O4.ClH/c1-15(2,10-19)14(17-7-5-16-6-8-17)11-3-4-13(20)12(9-11)18(21)22;/h3-4,9,14,16,19-20H,5-8,10H2,1-2H3;1H/t14-;/m1./s1. The van der Waals surface area contributed by atoms with Crippen LogP contribution < -0.4 is 5.32 Å². The van der Waals surface area contributed by atoms with E-state index in [1.807, 2.05) is 13.8 Å². The second-order valence-corrected chi connectivity index (χ2v) is 6.34. The van der Waals surface area contributed by atoms with Crippen molar-refractivity contribution >= 4 is 18.1 Å². The Labute approximate surface area is 141 Å². The minimum Gasteiger partial charge on any atom is -0.502 e. The summed E-state index contributed by atoms with van der Waals surface area (Å²) >= 11 is 0. The average molecular weight is 346 g/mol. The van der Waals surface area contributed by atoms with E-state index in [1.54, 1.807) is 6.07 Å². The smallest absolute Gasteiger partial charge is 0.311 e. The molecule has 0 bridgehead atoms. The van der Waals surface area contributed by atoms with Crippen molar-refractivity contribution in [2.75, 3.05) is 32.8 Å². The lowest BCUT2D eigenvalue weighted by Gasteiger charge is -2.43. The van der Waals surface area contributed by atoms with E-state index in [1.165, 1.54) is 12.1 Å². The van der Waals surface area contributed by atoms with Gasteiger partial charge in [-0.05, 0) is 11.6 Å². The molecule has 3 N–H and O–H groups in total. The minimum atomic E-state index is -0.584. The molecule has 1 atom stereocenters. The Morgan fingerprint density at radius 3 is 2.52 bits per heavy atom. The summed E-state index contributed by atoms with van der Waals surface area (Å²) in [5.74, 6) is -0.338. The maximum atomic E-state index is 11.1. The van der Waals surface area contributed by atoms with Gasteiger partial charge in [0.15, 0.2) is 5.75 Å². The van der Waals surface area contributed by atoms with Gasteiger partial charge >= 0.3 is 5.69 Å². The van der Waals surface area contributed by atoms with Crippen LogP contribution in [0.1, 0.15) is 25.5 Å². The summed E-state index contributed by atoms with van der Waals surface area (Å²) < 4.78 is 0. The number of nitro groups is 1. The molecule has 1 aromatic rings. The van der Waals surface area contributed by atoms with Crippen molar-refractivity contribution in [1.82, 2.24) is 10.2 Å². The van der Waals surface area contributed by atoms with Crippen LogP contribution in [0.15, 0.2) is 18.2 Å². The first-order valence-electron chi connectivity index (χ1n) is 7.40. The molecule has 0 aliphatic carbocycles. The van der Waals surface area contributed by atoms with Crippen LogP contribution in [-0.4, -0.2) is 52.8 Å². The third-order valence-electron chi connectivity index (χ3n) is 4.18. The number of rotatable bonds is 5. The Hall–Kier alpha value is -1.41. The van der Waals surface area contributed by atoms with Crippen molar-refractivity contribution in [1.29, 1.82) is 0 Å². The van der Waals surface area contributed by atoms with Crippen LogP contribution in [0.4, 0.5) is 5.69 Å². The number of aromatic hydroxyl groups is 1. The van der Waals surface area contributed by atoms with E-state index in [0.29, 0.717) is 0 Å². The van der Waals surface area contributed by atoms with Crippen LogP contribution in [0, 0.1) is 15.5 Å². The molecule has 0 amide bonds. The van der Waals surface area contributed by atoms with Crippen molar-refractivity contribution in [2.24, 2.45) is 5.41 Å². The number of nitro benzene ring substituents is 1. The van der Waals surface area contributed by atoms with Crippen LogP contribution in [-0.2, 0) is 0 Å². The van der Waals surface area contributed by atoms with E-state index >= 15 is 0 Å². The first kappa shape index (κ1) is 19.6. The van der Waals surface area contributed by atoms with Gasteiger partial charge in [0.25, 0.3) is 0 Å². The molecule has 1 aromatic carbocycles. The third kappa shape index (κ3) is 4.32. The number of halogens is 1. The molecular formula is C15H24ClN3O4. The summed E-state index contributed by atoms with van der Waals surface area (Å²) in [7, 11) is 0. The van der Waals surface area contributed by atoms with Crippen LogP contribution in [0.5, 0.6) is 5.75 Å². The molecule has 1 saturated heterocycles. The lowest BCUT2D eigenvalue weighted by molar-refractivity contribution is -0.386. The summed E-state index contributed by atoms with van der Waals surface area (Å²) in [6.07, 6.45) is 0. The van der Waals surface area contributed by atoms with Gasteiger partial charge in [-0.25, -0.2) is 0 Å². The monoisotopic (exact) mass is 345 g/mol. The zero-order chi connectivity index (χ0) is 16.3. The molecule has 2 rings (SSSR count). The molecular weight excluding hydrogens is 322 g/mol. The zero-order valence-corrected chi connectivity index (χ0v) is 14.2. The van der Waals surface area contributed by atoms with Crippen molar-refractivity contribution in [2.45, 2.75) is 19.9 Å². The highest BCUT2D eigenvalue weighted by Crippen LogP contribution is 2.40. The van der Waals surface area contributed by atoms with Gasteiger partial charge in [-0.3, -0.25) is 15.0 Å². The maximum Gasteiger partial charge on any atom is 0.311 e. The molecule has 23 heavy (non-hydrogen) atoms. The number of piperazine rings is 1. The average Bonchev–Trinajstić information content (AvgIpc) is 2.50. The Bertz CT molecular complexity index is 548. The predicted molar refractivity (Wildman–Crippen MR) is 90.1 cm³/mol. The molecule has 0 radical (unpaired) electrons. The van der Waals surface area contributed by atoms with Crippen molar-refractivity contribution in [3.63, 3.8) is 0 Å². The van der Waals surface area contributed by atoms with Gasteiger partial charge in [-0.15, -0.1) is 12.4 Å². The molecule has 8 heteroatoms. The molecule has 1 aliphatic rings. The van der Waals surface area contributed by atoms with E-state index in [0.717, 1.165) is 31.7 Å². The Morgan fingerprint density at radius 2 is 2.00 bits per heavy atom. The Kier molecular flexibility index (Phi) is 6.76. The van der Waals surface area contributed by atoms with E-state index in [-0.39, 0.29) is 36.5 Å². The van der Waals surface area contributed by atoms with Crippen LogP contribution in [0.3, 0.4) is 0 Å². The number of aliphatic hydroxyl groups excluding tert-OH is 1. The van der Waals surface area contributed by atoms with Crippen molar-refractivity contribution in [3.8, 4) is 5.75 Å². The number of phenols is 1. The molecule has 0 aromatic heterocycles. The fourth-order valence-corrected chi connectivity index (χ4v) is 3.04. The predicted octanol–water partition coefficient (Wildman–Crippen LogP) is 1.69. The van der Waals surface area contributed by atoms with Crippen molar-refractivity contribution in [3.05, 3.63) is 33.9 Å². The first-order chi connectivity index (χ1) is 10.4. The fourth-order valence-electron chi connectivity index (χ4n) is 3.04. The number of nitrogens with zero attached hydrogens (tertiary/aromatic N) is 2. The lowest BCUT2D eigenvalue weighted by atomic mass is 9.79. The van der Waals surface area contributed by atoms with E-state index < -0.39 is 10.3 Å². The van der Waals surface area contributed by atoms with E-state index in [4.69, 9.17) is 0 Å². The SMILES string of the molecule is CC(C)(CO)[C@@H](c1ccc(O)c([N+](=O)[O-])c1)N1CCNCC1.Cl. The number of nitrogens with one attached hydrogen (secondary N) is 1. The number of benzene rings is 1. The number of aliphatic hydroxyl groups is 1. The third-order valence-corrected chi connectivity index (χ3v) is 4.18. The number of hydrogen-bond donors (Lipinski definition) is 3. The van der Waals surface area contributed by atoms with Gasteiger partial charge in [0.2, 0.25) is 0 Å². The largest absolute Gasteiger partial charge is 0.502 e. The molecule has 7 nitrogen and oxygen atoms in total. The van der Waals surface area contributed by atoms with E-state index in [9.17, 15) is 20.3 Å². The molecule has 1 aliphatic heterocycles. The molecule has 1 fully saturated rings. The molecule has 0 unspecified atom stereocenters. The van der Waals surface area contributed by atoms with Gasteiger partial charge in [0.1, 0.15) is 0 Å². The molecule has 1 heterocycles. The zero-order valence-electron chi connectivity index (χ0n) is 13.4. The second kappa shape index (κ2) is 7.92. The highest BCUT2D eigenvalue weighted by molar-refractivity contribution is 5.85. The highest BCUT2D eigenvalue weighted by Gasteiger charge is 2.36. The fraction of sp³-hybridized carbons (Fsp3) is 0.600. The Balaban J connectivity index is 0.00000264. The summed E-state index contributed by atoms with van der Waals surface area (Å²) in [4.78, 5) is 12.7. The van der Waals surface area contributed by atoms with Crippen LogP contribution >= 0.6 is 12.4 Å². The minimum absolute atomic E-state index is 0. The van der Waals surface area contributed by atoms with Gasteiger partial charge in [-0.2, -0.15) is 0 Å². The van der Waals surface area contributed by atoms with Gasteiger partial charge in [0, 0.05) is 50.3 Å². The molecule has 130 valence electrons. The summed E-state index contributed by atoms with van der Waals surface area (Å²) in [5.41, 5.74) is -0.0147. The summed E-state index contributed by atoms with van der Waals surface area (Å²) in [6, 6.07) is 4.32. The topological polar surface area (TPSA) is 98.9 Å². The highest BCUT2D eigenvalue weighted by atomic mass is 35.5. The molecule has 0 saturated carbocycles. The summed E-state index contributed by atoms with van der Waals surface area (Å²) in [6.45, 7) is 7.16. The van der Waals surface area contributed by atoms with Gasteiger partial charge < -0.3 is 15.5 Å². The normalized spacial score (nSPS) is 17.3. The van der Waals surface area contributed by atoms with Crippen molar-refractivity contribution < 1.29 is 15.1 Å². The van der Waals surface area contributed by atoms with Gasteiger partial charge in [0.05, 0.1) is 4.92 Å². The van der Waals surface area contributed by atoms with E-state index in [2.05, 4.69) is 10.2 Å². The summed E-state index contributed by atoms with van der Waals surface area (Å²) in [5, 5.41) is 33.7. The van der Waals surface area contributed by atoms with Crippen LogP contribution in [0.25, 0.3) is 0 Å². The first-order valence-corrected chi connectivity index (χ1v) is 7.40. The maximum absolute atomic E-state index is 11.1. The second-order valence-electron chi connectivity index (χ2n) is 6.34. The molecule has 0 spiro atoms.